The number of nitrogens with zero attached hydrogens (tertiary/aromatic N) is 1. The monoisotopic (exact) mass is 351 g/mol. The van der Waals surface area contributed by atoms with E-state index in [-0.39, 0.29) is 11.1 Å². The van der Waals surface area contributed by atoms with Gasteiger partial charge in [-0.2, -0.15) is 0 Å². The first kappa shape index (κ1) is 15.4. The van der Waals surface area contributed by atoms with Gasteiger partial charge in [-0.25, -0.2) is 14.2 Å². The highest BCUT2D eigenvalue weighted by atomic mass is 32.1. The summed E-state index contributed by atoms with van der Waals surface area (Å²) in [4.78, 5) is 27.3. The first-order valence-electron chi connectivity index (χ1n) is 6.37. The predicted octanol–water partition coefficient (Wildman–Crippen LogP) is 3.74. The Morgan fingerprint density at radius 2 is 2.13 bits per heavy atom. The van der Waals surface area contributed by atoms with Crippen molar-refractivity contribution in [1.29, 1.82) is 0 Å². The fourth-order valence-corrected chi connectivity index (χ4v) is 3.59. The van der Waals surface area contributed by atoms with Crippen LogP contribution in [0.4, 0.5) is 19.3 Å². The van der Waals surface area contributed by atoms with Crippen molar-refractivity contribution in [2.45, 2.75) is 0 Å². The summed E-state index contributed by atoms with van der Waals surface area (Å²) in [6.07, 6.45) is -0.839. The van der Waals surface area contributed by atoms with Gasteiger partial charge in [0.2, 0.25) is 0 Å². The van der Waals surface area contributed by atoms with E-state index < -0.39 is 17.8 Å². The summed E-state index contributed by atoms with van der Waals surface area (Å²) in [5, 5.41) is 7.73. The van der Waals surface area contributed by atoms with Gasteiger partial charge in [0.25, 0.3) is 5.91 Å². The molecule has 6 nitrogen and oxygen atoms in total. The number of aromatic nitrogens is 1. The minimum Gasteiger partial charge on any atom is -0.453 e. The third-order valence-corrected chi connectivity index (χ3v) is 4.67. The molecule has 2 N–H and O–H groups in total. The average molecular weight is 351 g/mol. The smallest absolute Gasteiger partial charge is 0.413 e. The molecule has 0 unspecified atom stereocenters. The number of ether oxygens (including phenoxy) is 1. The molecule has 0 saturated heterocycles. The fourth-order valence-electron chi connectivity index (χ4n) is 1.86. The summed E-state index contributed by atoms with van der Waals surface area (Å²) in [7, 11) is 1.17. The third kappa shape index (κ3) is 3.15. The van der Waals surface area contributed by atoms with Crippen LogP contribution in [0, 0.1) is 5.82 Å². The maximum Gasteiger partial charge on any atom is 0.413 e. The molecule has 0 radical (unpaired) electrons. The summed E-state index contributed by atoms with van der Waals surface area (Å²) >= 11 is 2.54. The van der Waals surface area contributed by atoms with Gasteiger partial charge in [0, 0.05) is 0 Å². The van der Waals surface area contributed by atoms with E-state index in [0.29, 0.717) is 14.8 Å². The second-order valence-electron chi connectivity index (χ2n) is 4.34. The lowest BCUT2D eigenvalue weighted by molar-refractivity contribution is 0.0938. The summed E-state index contributed by atoms with van der Waals surface area (Å²) in [5.41, 5.74) is 0.553. The number of nitrogens with one attached hydrogen (secondary N) is 2. The molecule has 0 fully saturated rings. The minimum absolute atomic E-state index is 0.275. The number of benzene rings is 1. The molecule has 2 heterocycles. The van der Waals surface area contributed by atoms with Gasteiger partial charge in [-0.1, -0.05) is 17.4 Å². The van der Waals surface area contributed by atoms with Crippen LogP contribution in [0.1, 0.15) is 10.4 Å². The number of anilines is 2. The van der Waals surface area contributed by atoms with Crippen molar-refractivity contribution in [1.82, 2.24) is 10.3 Å². The number of halogens is 1. The highest BCUT2D eigenvalue weighted by Crippen LogP contribution is 2.32. The molecule has 3 rings (SSSR count). The van der Waals surface area contributed by atoms with E-state index in [0.717, 1.165) is 0 Å². The largest absolute Gasteiger partial charge is 0.453 e. The van der Waals surface area contributed by atoms with Gasteiger partial charge in [0.15, 0.2) is 5.13 Å². The summed E-state index contributed by atoms with van der Waals surface area (Å²) in [5.74, 6) is -0.991. The van der Waals surface area contributed by atoms with Crippen LogP contribution in [0.2, 0.25) is 0 Å². The Kier molecular flexibility index (Phi) is 4.22. The molecule has 1 aromatic carbocycles. The molecule has 2 amide bonds. The number of carbonyl (C=O) groups excluding carboxylic acids is 2. The number of thiophene rings is 1. The number of methoxy groups -OCH3 is 1. The number of rotatable bonds is 3. The number of imide groups is 1. The summed E-state index contributed by atoms with van der Waals surface area (Å²) in [6.45, 7) is 0. The van der Waals surface area contributed by atoms with Gasteiger partial charge >= 0.3 is 6.09 Å². The molecule has 0 aliphatic heterocycles. The molecular formula is C14H10FN3O3S2. The van der Waals surface area contributed by atoms with Crippen molar-refractivity contribution >= 4 is 55.0 Å². The van der Waals surface area contributed by atoms with Crippen molar-refractivity contribution < 1.29 is 18.7 Å². The molecule has 0 aliphatic carbocycles. The zero-order chi connectivity index (χ0) is 16.4. The molecular weight excluding hydrogens is 341 g/mol. The molecule has 9 heteroatoms. The minimum atomic E-state index is -0.839. The number of fused-ring (bicyclic) bond motifs is 1. The van der Waals surface area contributed by atoms with Crippen LogP contribution in [-0.2, 0) is 4.74 Å². The van der Waals surface area contributed by atoms with Gasteiger partial charge in [-0.05, 0) is 23.6 Å². The van der Waals surface area contributed by atoms with Gasteiger partial charge in [0.05, 0.1) is 17.4 Å². The predicted molar refractivity (Wildman–Crippen MR) is 87.1 cm³/mol. The second kappa shape index (κ2) is 6.31. The van der Waals surface area contributed by atoms with E-state index in [4.69, 9.17) is 0 Å². The number of thiazole rings is 1. The number of hydrogen-bond donors (Lipinski definition) is 2. The van der Waals surface area contributed by atoms with Crippen molar-refractivity contribution in [2.75, 3.05) is 12.4 Å². The Morgan fingerprint density at radius 3 is 2.87 bits per heavy atom. The van der Waals surface area contributed by atoms with Gasteiger partial charge in [0.1, 0.15) is 16.3 Å². The second-order valence-corrected chi connectivity index (χ2v) is 6.29. The van der Waals surface area contributed by atoms with Crippen LogP contribution in [0.25, 0.3) is 10.2 Å². The number of amides is 2. The molecule has 23 heavy (non-hydrogen) atoms. The highest BCUT2D eigenvalue weighted by Gasteiger charge is 2.17. The average Bonchev–Trinajstić information content (AvgIpc) is 3.14. The maximum atomic E-state index is 13.7. The highest BCUT2D eigenvalue weighted by molar-refractivity contribution is 7.22. The number of alkyl carbamates (subject to hydrolysis) is 1. The van der Waals surface area contributed by atoms with Crippen LogP contribution in [0.5, 0.6) is 0 Å². The van der Waals surface area contributed by atoms with Crippen molar-refractivity contribution in [3.8, 4) is 0 Å². The topological polar surface area (TPSA) is 80.3 Å². The molecule has 2 aromatic heterocycles. The zero-order valence-corrected chi connectivity index (χ0v) is 13.4. The van der Waals surface area contributed by atoms with Crippen LogP contribution >= 0.6 is 22.7 Å². The summed E-state index contributed by atoms with van der Waals surface area (Å²) in [6, 6.07) is 6.28. The molecule has 0 atom stereocenters. The first-order chi connectivity index (χ1) is 11.1. The van der Waals surface area contributed by atoms with Crippen molar-refractivity contribution in [3.05, 3.63) is 41.0 Å². The first-order valence-corrected chi connectivity index (χ1v) is 8.07. The van der Waals surface area contributed by atoms with Gasteiger partial charge in [-0.3, -0.25) is 10.1 Å². The zero-order valence-electron chi connectivity index (χ0n) is 11.8. The summed E-state index contributed by atoms with van der Waals surface area (Å²) < 4.78 is 18.8. The lowest BCUT2D eigenvalue weighted by Gasteiger charge is -2.04. The van der Waals surface area contributed by atoms with E-state index in [9.17, 15) is 14.0 Å². The van der Waals surface area contributed by atoms with E-state index in [1.54, 1.807) is 23.6 Å². The Labute approximate surface area is 137 Å². The van der Waals surface area contributed by atoms with Crippen LogP contribution < -0.4 is 10.6 Å². The molecule has 0 spiro atoms. The fraction of sp³-hybridized carbons (Fsp3) is 0.0714. The van der Waals surface area contributed by atoms with E-state index in [2.05, 4.69) is 20.4 Å². The number of hydrogen-bond acceptors (Lipinski definition) is 7. The van der Waals surface area contributed by atoms with Crippen LogP contribution in [-0.4, -0.2) is 24.1 Å². The van der Waals surface area contributed by atoms with Gasteiger partial charge < -0.3 is 10.1 Å². The normalized spacial score (nSPS) is 10.5. The lowest BCUT2D eigenvalue weighted by atomic mass is 10.3. The van der Waals surface area contributed by atoms with Crippen LogP contribution in [0.3, 0.4) is 0 Å². The standard InChI is InChI=1S/C14H10FN3O3S2/c1-21-14(20)17-11(19)7-5-6-22-12(7)18-13-16-10-8(15)3-2-4-9(10)23-13/h2-6H,1H3,(H,16,18)(H,17,19,20). The SMILES string of the molecule is COC(=O)NC(=O)c1ccsc1Nc1nc2c(F)cccc2s1. The van der Waals surface area contributed by atoms with E-state index in [1.807, 2.05) is 0 Å². The van der Waals surface area contributed by atoms with Crippen molar-refractivity contribution in [3.63, 3.8) is 0 Å². The molecule has 0 saturated carbocycles. The maximum absolute atomic E-state index is 13.7. The lowest BCUT2D eigenvalue weighted by Crippen LogP contribution is -2.30. The molecule has 0 aliphatic rings. The molecule has 3 aromatic rings. The quantitative estimate of drug-likeness (QED) is 0.751. The van der Waals surface area contributed by atoms with Crippen molar-refractivity contribution in [2.24, 2.45) is 0 Å². The Balaban J connectivity index is 1.85. The number of para-hydroxylation sites is 1. The Hall–Kier alpha value is -2.52. The Bertz CT molecular complexity index is 890. The van der Waals surface area contributed by atoms with Gasteiger partial charge in [-0.15, -0.1) is 11.3 Å². The van der Waals surface area contributed by atoms with E-state index >= 15 is 0 Å². The van der Waals surface area contributed by atoms with E-state index in [1.165, 1.54) is 35.8 Å². The Morgan fingerprint density at radius 1 is 1.30 bits per heavy atom. The molecule has 0 bridgehead atoms. The van der Waals surface area contributed by atoms with Crippen LogP contribution in [0.15, 0.2) is 29.6 Å². The third-order valence-electron chi connectivity index (χ3n) is 2.90. The number of carbonyl (C=O) groups is 2. The molecule has 118 valence electrons.